The highest BCUT2D eigenvalue weighted by Crippen LogP contribution is 2.01. The summed E-state index contributed by atoms with van der Waals surface area (Å²) in [6, 6.07) is 0. The van der Waals surface area contributed by atoms with E-state index in [1.807, 2.05) is 20.2 Å². The summed E-state index contributed by atoms with van der Waals surface area (Å²) < 4.78 is 1.78. The van der Waals surface area contributed by atoms with Crippen molar-refractivity contribution < 1.29 is 0 Å². The zero-order chi connectivity index (χ0) is 8.27. The van der Waals surface area contributed by atoms with Gasteiger partial charge in [0, 0.05) is 13.2 Å². The minimum absolute atomic E-state index is 1.02. The van der Waals surface area contributed by atoms with E-state index < -0.39 is 0 Å². The molecule has 0 aliphatic carbocycles. The fraction of sp³-hybridized carbons (Fsp3) is 0.250. The fourth-order valence-electron chi connectivity index (χ4n) is 0.865. The molecule has 58 valence electrons. The Labute approximate surface area is 66.1 Å². The topological polar surface area (TPSA) is 30.2 Å². The van der Waals surface area contributed by atoms with Gasteiger partial charge in [0.25, 0.3) is 0 Å². The van der Waals surface area contributed by atoms with E-state index in [9.17, 15) is 0 Å². The molecule has 11 heavy (non-hydrogen) atoms. The van der Waals surface area contributed by atoms with Gasteiger partial charge < -0.3 is 0 Å². The number of hydrogen-bond donors (Lipinski definition) is 0. The molecule has 0 N–H and O–H groups in total. The van der Waals surface area contributed by atoms with Crippen LogP contribution in [0.25, 0.3) is 0 Å². The monoisotopic (exact) mass is 149 g/mol. The average molecular weight is 149 g/mol. The molecule has 0 aliphatic heterocycles. The van der Waals surface area contributed by atoms with E-state index in [0.29, 0.717) is 0 Å². The van der Waals surface area contributed by atoms with E-state index in [2.05, 4.69) is 16.7 Å². The molecule has 0 amide bonds. The molecule has 3 heteroatoms. The summed E-state index contributed by atoms with van der Waals surface area (Å²) in [4.78, 5) is 3.91. The van der Waals surface area contributed by atoms with Crippen LogP contribution in [0.5, 0.6) is 0 Å². The maximum Gasteiger partial charge on any atom is 0.0818 e. The molecule has 0 saturated carbocycles. The molecule has 0 fully saturated rings. The van der Waals surface area contributed by atoms with Gasteiger partial charge >= 0.3 is 0 Å². The third-order valence-electron chi connectivity index (χ3n) is 1.48. The van der Waals surface area contributed by atoms with Crippen LogP contribution in [0.4, 0.5) is 0 Å². The number of nitrogens with zero attached hydrogens (tertiary/aromatic N) is 3. The van der Waals surface area contributed by atoms with Crippen LogP contribution in [0, 0.1) is 6.92 Å². The van der Waals surface area contributed by atoms with Crippen LogP contribution in [0.15, 0.2) is 24.0 Å². The number of rotatable bonds is 2. The minimum Gasteiger partial charge on any atom is -0.267 e. The van der Waals surface area contributed by atoms with Crippen molar-refractivity contribution in [1.82, 2.24) is 9.78 Å². The van der Waals surface area contributed by atoms with Gasteiger partial charge in [0.1, 0.15) is 0 Å². The van der Waals surface area contributed by atoms with Gasteiger partial charge in [-0.2, -0.15) is 5.10 Å². The Hall–Kier alpha value is -1.38. The molecule has 1 aromatic heterocycles. The molecular formula is C8H11N3. The summed E-state index contributed by atoms with van der Waals surface area (Å²) in [7, 11) is 1.89. The van der Waals surface area contributed by atoms with Crippen LogP contribution in [0.2, 0.25) is 0 Å². The SMILES string of the molecule is C=CN=Cc1c(C)cnn1C. The predicted molar refractivity (Wildman–Crippen MR) is 45.7 cm³/mol. The lowest BCUT2D eigenvalue weighted by molar-refractivity contribution is 0.761. The lowest BCUT2D eigenvalue weighted by Gasteiger charge is -1.93. The van der Waals surface area contributed by atoms with Gasteiger partial charge in [-0.15, -0.1) is 0 Å². The van der Waals surface area contributed by atoms with Gasteiger partial charge in [-0.3, -0.25) is 9.67 Å². The van der Waals surface area contributed by atoms with Crippen molar-refractivity contribution in [2.24, 2.45) is 12.0 Å². The molecule has 0 bridgehead atoms. The molecule has 1 rings (SSSR count). The van der Waals surface area contributed by atoms with E-state index in [-0.39, 0.29) is 0 Å². The maximum atomic E-state index is 4.06. The van der Waals surface area contributed by atoms with Gasteiger partial charge in [0.05, 0.1) is 18.1 Å². The van der Waals surface area contributed by atoms with Gasteiger partial charge in [-0.1, -0.05) is 6.58 Å². The van der Waals surface area contributed by atoms with E-state index in [1.165, 1.54) is 6.20 Å². The summed E-state index contributed by atoms with van der Waals surface area (Å²) in [5.74, 6) is 0. The van der Waals surface area contributed by atoms with Crippen LogP contribution < -0.4 is 0 Å². The van der Waals surface area contributed by atoms with Crippen molar-refractivity contribution in [3.8, 4) is 0 Å². The summed E-state index contributed by atoms with van der Waals surface area (Å²) >= 11 is 0. The largest absolute Gasteiger partial charge is 0.267 e. The van der Waals surface area contributed by atoms with Crippen LogP contribution in [-0.4, -0.2) is 16.0 Å². The Bertz CT molecular complexity index is 264. The van der Waals surface area contributed by atoms with E-state index in [4.69, 9.17) is 0 Å². The standard InChI is InChI=1S/C8H11N3/c1-4-9-6-8-7(2)5-10-11(8)3/h4-6H,1H2,2-3H3. The summed E-state index contributed by atoms with van der Waals surface area (Å²) in [5, 5.41) is 4.06. The van der Waals surface area contributed by atoms with Gasteiger partial charge in [0.2, 0.25) is 0 Å². The van der Waals surface area contributed by atoms with E-state index >= 15 is 0 Å². The smallest absolute Gasteiger partial charge is 0.0818 e. The normalized spacial score (nSPS) is 10.7. The van der Waals surface area contributed by atoms with Crippen LogP contribution >= 0.6 is 0 Å². The average Bonchev–Trinajstić information content (AvgIpc) is 2.29. The first-order chi connectivity index (χ1) is 5.25. The maximum absolute atomic E-state index is 4.06. The number of hydrogen-bond acceptors (Lipinski definition) is 2. The Morgan fingerprint density at radius 1 is 1.73 bits per heavy atom. The van der Waals surface area contributed by atoms with Crippen LogP contribution in [-0.2, 0) is 7.05 Å². The minimum atomic E-state index is 1.02. The molecule has 0 radical (unpaired) electrons. The highest BCUT2D eigenvalue weighted by Gasteiger charge is 1.98. The number of aliphatic imine (C=N–C) groups is 1. The Morgan fingerprint density at radius 2 is 2.45 bits per heavy atom. The molecule has 0 atom stereocenters. The Balaban J connectivity index is 3.00. The third kappa shape index (κ3) is 1.55. The molecule has 0 unspecified atom stereocenters. The number of aromatic nitrogens is 2. The second-order valence-corrected chi connectivity index (χ2v) is 2.30. The van der Waals surface area contributed by atoms with Crippen molar-refractivity contribution in [2.75, 3.05) is 0 Å². The second kappa shape index (κ2) is 3.14. The van der Waals surface area contributed by atoms with Crippen molar-refractivity contribution in [1.29, 1.82) is 0 Å². The molecule has 1 heterocycles. The molecule has 0 aromatic carbocycles. The van der Waals surface area contributed by atoms with Crippen LogP contribution in [0.1, 0.15) is 11.3 Å². The Kier molecular flexibility index (Phi) is 2.21. The molecule has 0 aliphatic rings. The van der Waals surface area contributed by atoms with Gasteiger partial charge in [0.15, 0.2) is 0 Å². The Morgan fingerprint density at radius 3 is 2.91 bits per heavy atom. The summed E-state index contributed by atoms with van der Waals surface area (Å²) in [6.07, 6.45) is 5.06. The molecule has 0 saturated heterocycles. The molecule has 3 nitrogen and oxygen atoms in total. The first kappa shape index (κ1) is 7.72. The first-order valence-electron chi connectivity index (χ1n) is 3.38. The summed E-state index contributed by atoms with van der Waals surface area (Å²) in [6.45, 7) is 5.49. The number of aryl methyl sites for hydroxylation is 2. The zero-order valence-electron chi connectivity index (χ0n) is 6.78. The third-order valence-corrected chi connectivity index (χ3v) is 1.48. The molecular weight excluding hydrogens is 138 g/mol. The fourth-order valence-corrected chi connectivity index (χ4v) is 0.865. The predicted octanol–water partition coefficient (Wildman–Crippen LogP) is 1.29. The van der Waals surface area contributed by atoms with E-state index in [1.54, 1.807) is 10.9 Å². The van der Waals surface area contributed by atoms with Crippen LogP contribution in [0.3, 0.4) is 0 Å². The quantitative estimate of drug-likeness (QED) is 0.583. The first-order valence-corrected chi connectivity index (χ1v) is 3.38. The van der Waals surface area contributed by atoms with Crippen molar-refractivity contribution in [2.45, 2.75) is 6.92 Å². The van der Waals surface area contributed by atoms with E-state index in [0.717, 1.165) is 11.3 Å². The lowest BCUT2D eigenvalue weighted by atomic mass is 10.3. The highest BCUT2D eigenvalue weighted by atomic mass is 15.3. The molecule has 1 aromatic rings. The van der Waals surface area contributed by atoms with Crippen molar-refractivity contribution >= 4 is 6.21 Å². The zero-order valence-corrected chi connectivity index (χ0v) is 6.78. The second-order valence-electron chi connectivity index (χ2n) is 2.30. The van der Waals surface area contributed by atoms with Crippen molar-refractivity contribution in [3.05, 3.63) is 30.2 Å². The van der Waals surface area contributed by atoms with Gasteiger partial charge in [-0.25, -0.2) is 0 Å². The molecule has 0 spiro atoms. The lowest BCUT2D eigenvalue weighted by Crippen LogP contribution is -1.97. The van der Waals surface area contributed by atoms with Gasteiger partial charge in [-0.05, 0) is 12.5 Å². The van der Waals surface area contributed by atoms with Crippen molar-refractivity contribution in [3.63, 3.8) is 0 Å². The highest BCUT2D eigenvalue weighted by molar-refractivity contribution is 5.79. The summed E-state index contributed by atoms with van der Waals surface area (Å²) in [5.41, 5.74) is 2.14.